The summed E-state index contributed by atoms with van der Waals surface area (Å²) in [6, 6.07) is 5.37. The minimum absolute atomic E-state index is 0.183. The second-order valence-electron chi connectivity index (χ2n) is 3.85. The minimum Gasteiger partial charge on any atom is -0.398 e. The van der Waals surface area contributed by atoms with Crippen LogP contribution in [-0.4, -0.2) is 15.9 Å². The Morgan fingerprint density at radius 2 is 2.35 bits per heavy atom. The Labute approximate surface area is 99.1 Å². The van der Waals surface area contributed by atoms with Crippen molar-refractivity contribution in [3.8, 4) is 0 Å². The Balaban J connectivity index is 2.04. The molecule has 0 aliphatic carbocycles. The maximum atomic E-state index is 11.8. The Morgan fingerprint density at radius 1 is 1.53 bits per heavy atom. The van der Waals surface area contributed by atoms with Gasteiger partial charge in [-0.15, -0.1) is 0 Å². The topological polar surface area (TPSA) is 83.8 Å². The van der Waals surface area contributed by atoms with Gasteiger partial charge in [0, 0.05) is 11.9 Å². The predicted molar refractivity (Wildman–Crippen MR) is 65.3 cm³/mol. The number of rotatable bonds is 3. The number of nitrogens with two attached hydrogens (primary N) is 1. The van der Waals surface area contributed by atoms with E-state index in [4.69, 9.17) is 5.73 Å². The van der Waals surface area contributed by atoms with E-state index < -0.39 is 0 Å². The van der Waals surface area contributed by atoms with Crippen LogP contribution in [0.5, 0.6) is 0 Å². The van der Waals surface area contributed by atoms with E-state index in [1.54, 1.807) is 24.7 Å². The molecule has 0 unspecified atom stereocenters. The van der Waals surface area contributed by atoms with Gasteiger partial charge in [0.25, 0.3) is 5.91 Å². The third-order valence-corrected chi connectivity index (χ3v) is 2.45. The molecule has 0 radical (unpaired) electrons. The molecule has 2 rings (SSSR count). The molecule has 88 valence electrons. The number of carbonyl (C=O) groups is 1. The molecule has 0 saturated heterocycles. The van der Waals surface area contributed by atoms with Gasteiger partial charge in [0.05, 0.1) is 24.1 Å². The molecule has 0 bridgehead atoms. The Hall–Kier alpha value is -2.30. The smallest absolute Gasteiger partial charge is 0.253 e. The molecule has 0 saturated carbocycles. The number of nitrogens with zero attached hydrogens (tertiary/aromatic N) is 1. The molecule has 0 aliphatic rings. The summed E-state index contributed by atoms with van der Waals surface area (Å²) in [5.41, 5.74) is 8.66. The SMILES string of the molecule is Cc1ccc(C(=O)NCc2cnc[nH]2)c(N)c1. The van der Waals surface area contributed by atoms with Crippen LogP contribution in [0.2, 0.25) is 0 Å². The quantitative estimate of drug-likeness (QED) is 0.693. The normalized spacial score (nSPS) is 10.2. The molecule has 0 spiro atoms. The maximum absolute atomic E-state index is 11.8. The van der Waals surface area contributed by atoms with Gasteiger partial charge in [0.15, 0.2) is 0 Å². The Bertz CT molecular complexity index is 519. The van der Waals surface area contributed by atoms with Crippen molar-refractivity contribution in [2.75, 3.05) is 5.73 Å². The number of anilines is 1. The number of aryl methyl sites for hydroxylation is 1. The third-order valence-electron chi connectivity index (χ3n) is 2.45. The molecular weight excluding hydrogens is 216 g/mol. The molecule has 5 heteroatoms. The van der Waals surface area contributed by atoms with Crippen LogP contribution in [0.15, 0.2) is 30.7 Å². The minimum atomic E-state index is -0.183. The zero-order valence-electron chi connectivity index (χ0n) is 9.53. The summed E-state index contributed by atoms with van der Waals surface area (Å²) in [6.07, 6.45) is 3.24. The first-order chi connectivity index (χ1) is 8.16. The molecule has 17 heavy (non-hydrogen) atoms. The summed E-state index contributed by atoms with van der Waals surface area (Å²) in [5.74, 6) is -0.183. The Kier molecular flexibility index (Phi) is 3.09. The lowest BCUT2D eigenvalue weighted by molar-refractivity contribution is 0.0951. The van der Waals surface area contributed by atoms with Gasteiger partial charge in [-0.05, 0) is 24.6 Å². The first-order valence-electron chi connectivity index (χ1n) is 5.28. The third kappa shape index (κ3) is 2.63. The van der Waals surface area contributed by atoms with Gasteiger partial charge in [0.2, 0.25) is 0 Å². The van der Waals surface area contributed by atoms with Crippen molar-refractivity contribution >= 4 is 11.6 Å². The van der Waals surface area contributed by atoms with E-state index in [1.165, 1.54) is 0 Å². The molecule has 2 aromatic rings. The van der Waals surface area contributed by atoms with Crippen LogP contribution in [-0.2, 0) is 6.54 Å². The fourth-order valence-electron chi connectivity index (χ4n) is 1.54. The van der Waals surface area contributed by atoms with Gasteiger partial charge in [-0.3, -0.25) is 4.79 Å². The summed E-state index contributed by atoms with van der Waals surface area (Å²) < 4.78 is 0. The highest BCUT2D eigenvalue weighted by Crippen LogP contribution is 2.13. The van der Waals surface area contributed by atoms with Crippen molar-refractivity contribution in [3.05, 3.63) is 47.5 Å². The lowest BCUT2D eigenvalue weighted by atomic mass is 10.1. The van der Waals surface area contributed by atoms with Crippen molar-refractivity contribution in [3.63, 3.8) is 0 Å². The fourth-order valence-corrected chi connectivity index (χ4v) is 1.54. The Morgan fingerprint density at radius 3 is 3.00 bits per heavy atom. The number of aromatic nitrogens is 2. The van der Waals surface area contributed by atoms with Gasteiger partial charge in [0.1, 0.15) is 0 Å². The highest BCUT2D eigenvalue weighted by molar-refractivity contribution is 5.99. The molecule has 1 aromatic carbocycles. The van der Waals surface area contributed by atoms with Crippen molar-refractivity contribution in [1.29, 1.82) is 0 Å². The van der Waals surface area contributed by atoms with Gasteiger partial charge in [-0.2, -0.15) is 0 Å². The van der Waals surface area contributed by atoms with E-state index in [0.717, 1.165) is 11.3 Å². The number of aromatic amines is 1. The van der Waals surface area contributed by atoms with Crippen LogP contribution in [0.3, 0.4) is 0 Å². The van der Waals surface area contributed by atoms with Crippen molar-refractivity contribution in [2.24, 2.45) is 0 Å². The molecule has 0 atom stereocenters. The summed E-state index contributed by atoms with van der Waals surface area (Å²) in [5, 5.41) is 2.77. The number of carbonyl (C=O) groups excluding carboxylic acids is 1. The van der Waals surface area contributed by atoms with Crippen LogP contribution in [0.4, 0.5) is 5.69 Å². The van der Waals surface area contributed by atoms with Crippen molar-refractivity contribution in [2.45, 2.75) is 13.5 Å². The van der Waals surface area contributed by atoms with Gasteiger partial charge >= 0.3 is 0 Å². The highest BCUT2D eigenvalue weighted by Gasteiger charge is 2.09. The standard InChI is InChI=1S/C12H14N4O/c1-8-2-3-10(11(13)4-8)12(17)15-6-9-5-14-7-16-9/h2-5,7H,6,13H2,1H3,(H,14,16)(H,15,17). The van der Waals surface area contributed by atoms with E-state index in [2.05, 4.69) is 15.3 Å². The van der Waals surface area contributed by atoms with Crippen LogP contribution < -0.4 is 11.1 Å². The van der Waals surface area contributed by atoms with Crippen LogP contribution in [0.25, 0.3) is 0 Å². The number of imidazole rings is 1. The zero-order chi connectivity index (χ0) is 12.3. The predicted octanol–water partition coefficient (Wildman–Crippen LogP) is 1.23. The van der Waals surface area contributed by atoms with E-state index in [9.17, 15) is 4.79 Å². The van der Waals surface area contributed by atoms with Crippen LogP contribution >= 0.6 is 0 Å². The van der Waals surface area contributed by atoms with E-state index in [0.29, 0.717) is 17.8 Å². The summed E-state index contributed by atoms with van der Waals surface area (Å²) >= 11 is 0. The van der Waals surface area contributed by atoms with E-state index >= 15 is 0 Å². The fraction of sp³-hybridized carbons (Fsp3) is 0.167. The average molecular weight is 230 g/mol. The summed E-state index contributed by atoms with van der Waals surface area (Å²) in [6.45, 7) is 2.34. The average Bonchev–Trinajstić information content (AvgIpc) is 2.78. The second-order valence-corrected chi connectivity index (χ2v) is 3.85. The molecular formula is C12H14N4O. The van der Waals surface area contributed by atoms with E-state index in [-0.39, 0.29) is 5.91 Å². The summed E-state index contributed by atoms with van der Waals surface area (Å²) in [7, 11) is 0. The van der Waals surface area contributed by atoms with Crippen LogP contribution in [0, 0.1) is 6.92 Å². The molecule has 1 aromatic heterocycles. The van der Waals surface area contributed by atoms with Gasteiger partial charge in [-0.1, -0.05) is 6.07 Å². The number of amides is 1. The van der Waals surface area contributed by atoms with Crippen LogP contribution in [0.1, 0.15) is 21.6 Å². The number of hydrogen-bond donors (Lipinski definition) is 3. The lowest BCUT2D eigenvalue weighted by Gasteiger charge is -2.07. The largest absolute Gasteiger partial charge is 0.398 e. The molecule has 0 aliphatic heterocycles. The number of H-pyrrole nitrogens is 1. The molecule has 4 N–H and O–H groups in total. The van der Waals surface area contributed by atoms with Gasteiger partial charge in [-0.25, -0.2) is 4.98 Å². The van der Waals surface area contributed by atoms with Gasteiger partial charge < -0.3 is 16.0 Å². The molecule has 0 fully saturated rings. The highest BCUT2D eigenvalue weighted by atomic mass is 16.1. The first kappa shape index (κ1) is 11.2. The van der Waals surface area contributed by atoms with Crippen molar-refractivity contribution < 1.29 is 4.79 Å². The van der Waals surface area contributed by atoms with E-state index in [1.807, 2.05) is 13.0 Å². The first-order valence-corrected chi connectivity index (χ1v) is 5.28. The molecule has 1 heterocycles. The number of nitrogen functional groups attached to an aromatic ring is 1. The molecule has 5 nitrogen and oxygen atoms in total. The maximum Gasteiger partial charge on any atom is 0.253 e. The zero-order valence-corrected chi connectivity index (χ0v) is 9.53. The number of benzene rings is 1. The monoisotopic (exact) mass is 230 g/mol. The second kappa shape index (κ2) is 4.69. The summed E-state index contributed by atoms with van der Waals surface area (Å²) in [4.78, 5) is 18.6. The van der Waals surface area contributed by atoms with Crippen molar-refractivity contribution in [1.82, 2.24) is 15.3 Å². The number of nitrogens with one attached hydrogen (secondary N) is 2. The molecule has 1 amide bonds. The lowest BCUT2D eigenvalue weighted by Crippen LogP contribution is -2.24. The number of hydrogen-bond acceptors (Lipinski definition) is 3.